The minimum Gasteiger partial charge on any atom is -0.373 e. The molecule has 0 aliphatic heterocycles. The monoisotopic (exact) mass is 552 g/mol. The van der Waals surface area contributed by atoms with Crippen molar-refractivity contribution in [2.75, 3.05) is 6.61 Å². The first-order valence-electron chi connectivity index (χ1n) is 14.7. The Morgan fingerprint density at radius 3 is 1.78 bits per heavy atom. The van der Waals surface area contributed by atoms with Gasteiger partial charge in [-0.1, -0.05) is 93.3 Å². The molecule has 0 unspecified atom stereocenters. The zero-order chi connectivity index (χ0) is 28.8. The summed E-state index contributed by atoms with van der Waals surface area (Å²) in [7, 11) is 0. The van der Waals surface area contributed by atoms with Crippen LogP contribution in [-0.2, 0) is 4.74 Å². The van der Waals surface area contributed by atoms with Gasteiger partial charge in [0.2, 0.25) is 0 Å². The third kappa shape index (κ3) is 6.00. The number of rotatable bonds is 12. The molecule has 0 spiro atoms. The normalized spacial score (nSPS) is 16.6. The fourth-order valence-electron chi connectivity index (χ4n) is 5.90. The highest BCUT2D eigenvalue weighted by atomic mass is 16.5. The number of hydrogen-bond donors (Lipinski definition) is 2. The number of allylic oxidation sites excluding steroid dienone is 2. The number of para-hydroxylation sites is 2. The van der Waals surface area contributed by atoms with Gasteiger partial charge in [0, 0.05) is 41.0 Å². The Kier molecular flexibility index (Phi) is 9.04. The molecule has 214 valence electrons. The minimum absolute atomic E-state index is 0.161. The van der Waals surface area contributed by atoms with E-state index in [0.29, 0.717) is 17.7 Å². The molecule has 0 saturated carbocycles. The fourth-order valence-corrected chi connectivity index (χ4v) is 5.90. The van der Waals surface area contributed by atoms with Crippen molar-refractivity contribution in [3.63, 3.8) is 0 Å². The van der Waals surface area contributed by atoms with E-state index in [1.54, 1.807) is 9.36 Å². The summed E-state index contributed by atoms with van der Waals surface area (Å²) in [6, 6.07) is 19.1. The van der Waals surface area contributed by atoms with Crippen LogP contribution in [0.25, 0.3) is 11.4 Å². The summed E-state index contributed by atoms with van der Waals surface area (Å²) in [5.74, 6) is -0.766. The van der Waals surface area contributed by atoms with E-state index in [-0.39, 0.29) is 23.1 Å². The summed E-state index contributed by atoms with van der Waals surface area (Å²) in [5, 5.41) is 6.57. The first-order valence-corrected chi connectivity index (χ1v) is 14.7. The summed E-state index contributed by atoms with van der Waals surface area (Å²) in [6.45, 7) is 6.67. The van der Waals surface area contributed by atoms with Gasteiger partial charge in [0.05, 0.1) is 17.5 Å². The smallest absolute Gasteiger partial charge is 0.275 e. The predicted molar refractivity (Wildman–Crippen MR) is 164 cm³/mol. The number of nitrogens with zero attached hydrogens (tertiary/aromatic N) is 2. The minimum atomic E-state index is -0.524. The Bertz CT molecular complexity index is 1510. The van der Waals surface area contributed by atoms with Crippen LogP contribution in [0.1, 0.15) is 67.5 Å². The van der Waals surface area contributed by atoms with Gasteiger partial charge in [0.15, 0.2) is 0 Å². The number of aryl methyl sites for hydroxylation is 2. The first-order chi connectivity index (χ1) is 20.0. The number of hydrogen-bond acceptors (Lipinski definition) is 3. The lowest BCUT2D eigenvalue weighted by Gasteiger charge is -2.31. The molecule has 41 heavy (non-hydrogen) atoms. The molecule has 2 atom stereocenters. The molecule has 7 heteroatoms. The zero-order valence-corrected chi connectivity index (χ0v) is 24.2. The van der Waals surface area contributed by atoms with Gasteiger partial charge < -0.3 is 4.74 Å². The molecule has 5 rings (SSSR count). The summed E-state index contributed by atoms with van der Waals surface area (Å²) in [4.78, 5) is 28.3. The van der Waals surface area contributed by atoms with Crippen LogP contribution in [0.15, 0.2) is 94.6 Å². The van der Waals surface area contributed by atoms with Gasteiger partial charge >= 0.3 is 0 Å². The molecule has 0 fully saturated rings. The molecule has 0 radical (unpaired) electrons. The van der Waals surface area contributed by atoms with Crippen LogP contribution in [0.5, 0.6) is 0 Å². The van der Waals surface area contributed by atoms with E-state index in [9.17, 15) is 9.59 Å². The highest BCUT2D eigenvalue weighted by molar-refractivity contribution is 5.43. The molecule has 1 aliphatic carbocycles. The van der Waals surface area contributed by atoms with Crippen LogP contribution in [-0.4, -0.2) is 32.3 Å². The van der Waals surface area contributed by atoms with Gasteiger partial charge in [0.1, 0.15) is 0 Å². The van der Waals surface area contributed by atoms with Crippen LogP contribution in [0.3, 0.4) is 0 Å². The van der Waals surface area contributed by atoms with Crippen molar-refractivity contribution in [1.82, 2.24) is 19.6 Å². The SMILES string of the molecule is CCCCCCCO[C@H]1C=CC=C[C@H]1C(c1c(C)[nH]n(-c2ccccc2)c1=O)c1c(C)[nH]n(-c2ccccc2)c1=O. The molecule has 0 amide bonds. The first kappa shape index (κ1) is 28.4. The lowest BCUT2D eigenvalue weighted by molar-refractivity contribution is 0.0498. The number of aromatic amines is 2. The van der Waals surface area contributed by atoms with Gasteiger partial charge in [0.25, 0.3) is 11.1 Å². The fraction of sp³-hybridized carbons (Fsp3) is 0.353. The molecule has 4 aromatic rings. The van der Waals surface area contributed by atoms with E-state index in [1.165, 1.54) is 19.3 Å². The van der Waals surface area contributed by atoms with Crippen molar-refractivity contribution in [2.45, 2.75) is 64.9 Å². The maximum atomic E-state index is 14.1. The highest BCUT2D eigenvalue weighted by Crippen LogP contribution is 2.38. The molecular formula is C34H40N4O3. The molecule has 2 N–H and O–H groups in total. The summed E-state index contributed by atoms with van der Waals surface area (Å²) in [5.41, 5.74) is 3.80. The number of aromatic nitrogens is 4. The van der Waals surface area contributed by atoms with E-state index in [4.69, 9.17) is 4.74 Å². The average molecular weight is 553 g/mol. The van der Waals surface area contributed by atoms with Gasteiger partial charge in [-0.25, -0.2) is 9.36 Å². The maximum absolute atomic E-state index is 14.1. The van der Waals surface area contributed by atoms with Crippen LogP contribution in [0.4, 0.5) is 0 Å². The van der Waals surface area contributed by atoms with Crippen LogP contribution in [0, 0.1) is 19.8 Å². The number of unbranched alkanes of at least 4 members (excludes halogenated alkanes) is 4. The van der Waals surface area contributed by atoms with E-state index in [0.717, 1.165) is 35.6 Å². The summed E-state index contributed by atoms with van der Waals surface area (Å²) >= 11 is 0. The Hall–Kier alpha value is -4.10. The largest absolute Gasteiger partial charge is 0.373 e. The third-order valence-electron chi connectivity index (χ3n) is 7.95. The maximum Gasteiger partial charge on any atom is 0.275 e. The van der Waals surface area contributed by atoms with E-state index in [1.807, 2.05) is 86.7 Å². The Labute approximate surface area is 241 Å². The van der Waals surface area contributed by atoms with Crippen molar-refractivity contribution in [2.24, 2.45) is 5.92 Å². The van der Waals surface area contributed by atoms with Gasteiger partial charge in [-0.05, 0) is 44.5 Å². The second-order valence-electron chi connectivity index (χ2n) is 10.8. The number of nitrogens with one attached hydrogen (secondary N) is 2. The van der Waals surface area contributed by atoms with Crippen LogP contribution >= 0.6 is 0 Å². The second-order valence-corrected chi connectivity index (χ2v) is 10.8. The third-order valence-corrected chi connectivity index (χ3v) is 7.95. The molecule has 2 aromatic carbocycles. The Balaban J connectivity index is 1.60. The molecule has 2 aromatic heterocycles. The number of benzene rings is 2. The quantitative estimate of drug-likeness (QED) is 0.197. The van der Waals surface area contributed by atoms with Crippen molar-refractivity contribution in [3.05, 3.63) is 128 Å². The summed E-state index contributed by atoms with van der Waals surface area (Å²) in [6.07, 6.45) is 13.6. The van der Waals surface area contributed by atoms with Crippen molar-refractivity contribution in [3.8, 4) is 11.4 Å². The van der Waals surface area contributed by atoms with E-state index < -0.39 is 5.92 Å². The van der Waals surface area contributed by atoms with Gasteiger partial charge in [-0.15, -0.1) is 0 Å². The number of H-pyrrole nitrogens is 2. The topological polar surface area (TPSA) is 84.8 Å². The molecule has 1 aliphatic rings. The average Bonchev–Trinajstić information content (AvgIpc) is 3.46. The molecule has 0 bridgehead atoms. The standard InChI is InChI=1S/C34H40N4O3/c1-4-5-6-7-16-23-41-29-22-15-14-21-28(29)32(30-24(2)35-37(33(30)39)26-17-10-8-11-18-26)31-25(3)36-38(34(31)40)27-19-12-9-13-20-27/h8-15,17-22,28-29,32,35-36H,4-7,16,23H2,1-3H3/t28-,29+/m1/s1. The van der Waals surface area contributed by atoms with Crippen LogP contribution in [0.2, 0.25) is 0 Å². The molecule has 0 saturated heterocycles. The molecule has 2 heterocycles. The predicted octanol–water partition coefficient (Wildman–Crippen LogP) is 6.49. The zero-order valence-electron chi connectivity index (χ0n) is 24.2. The number of ether oxygens (including phenoxy) is 1. The van der Waals surface area contributed by atoms with Crippen molar-refractivity contribution < 1.29 is 4.74 Å². The Morgan fingerprint density at radius 1 is 0.732 bits per heavy atom. The van der Waals surface area contributed by atoms with Crippen molar-refractivity contribution >= 4 is 0 Å². The van der Waals surface area contributed by atoms with Gasteiger partial charge in [-0.2, -0.15) is 0 Å². The Morgan fingerprint density at radius 2 is 1.24 bits per heavy atom. The van der Waals surface area contributed by atoms with Crippen molar-refractivity contribution in [1.29, 1.82) is 0 Å². The van der Waals surface area contributed by atoms with Crippen LogP contribution < -0.4 is 11.1 Å². The lowest BCUT2D eigenvalue weighted by Crippen LogP contribution is -2.34. The lowest BCUT2D eigenvalue weighted by atomic mass is 9.76. The van der Waals surface area contributed by atoms with E-state index >= 15 is 0 Å². The molecular weight excluding hydrogens is 512 g/mol. The van der Waals surface area contributed by atoms with E-state index in [2.05, 4.69) is 29.3 Å². The molecule has 7 nitrogen and oxygen atoms in total. The van der Waals surface area contributed by atoms with Gasteiger partial charge in [-0.3, -0.25) is 19.8 Å². The highest BCUT2D eigenvalue weighted by Gasteiger charge is 2.38. The summed E-state index contributed by atoms with van der Waals surface area (Å²) < 4.78 is 9.61. The second kappa shape index (κ2) is 13.0.